The fraction of sp³-hybridized carbons (Fsp3) is 0.625. The molecule has 0 radical (unpaired) electrons. The molecule has 8 heteroatoms. The Bertz CT molecular complexity index is 581. The SMILES string of the molecule is COC(=O)Cc1csc(NC(=O)COC(=O)CCC2CCCC2)n1. The second-order valence-electron chi connectivity index (χ2n) is 5.79. The maximum atomic E-state index is 11.8. The topological polar surface area (TPSA) is 94.6 Å². The molecule has 1 heterocycles. The molecule has 7 nitrogen and oxygen atoms in total. The summed E-state index contributed by atoms with van der Waals surface area (Å²) in [7, 11) is 1.30. The van der Waals surface area contributed by atoms with Crippen LogP contribution in [0.5, 0.6) is 0 Å². The van der Waals surface area contributed by atoms with Crippen molar-refractivity contribution < 1.29 is 23.9 Å². The van der Waals surface area contributed by atoms with Gasteiger partial charge in [-0.1, -0.05) is 25.7 Å². The zero-order valence-corrected chi connectivity index (χ0v) is 14.5. The van der Waals surface area contributed by atoms with Crippen LogP contribution >= 0.6 is 11.3 Å². The number of thiazole rings is 1. The Balaban J connectivity index is 1.65. The van der Waals surface area contributed by atoms with Gasteiger partial charge in [-0.15, -0.1) is 11.3 Å². The smallest absolute Gasteiger partial charge is 0.311 e. The number of ether oxygens (including phenoxy) is 2. The maximum Gasteiger partial charge on any atom is 0.311 e. The highest BCUT2D eigenvalue weighted by Gasteiger charge is 2.17. The van der Waals surface area contributed by atoms with Gasteiger partial charge < -0.3 is 9.47 Å². The van der Waals surface area contributed by atoms with Gasteiger partial charge in [0.2, 0.25) is 0 Å². The summed E-state index contributed by atoms with van der Waals surface area (Å²) in [6.45, 7) is -0.324. The normalized spacial score (nSPS) is 14.4. The molecule has 1 saturated carbocycles. The van der Waals surface area contributed by atoms with E-state index in [-0.39, 0.29) is 19.0 Å². The number of rotatable bonds is 8. The summed E-state index contributed by atoms with van der Waals surface area (Å²) in [5.41, 5.74) is 0.524. The Morgan fingerprint density at radius 2 is 2.04 bits per heavy atom. The van der Waals surface area contributed by atoms with Crippen molar-refractivity contribution in [2.75, 3.05) is 19.0 Å². The lowest BCUT2D eigenvalue weighted by atomic mass is 10.0. The average Bonchev–Trinajstić information content (AvgIpc) is 3.23. The molecule has 1 aromatic heterocycles. The number of esters is 2. The number of hydrogen-bond acceptors (Lipinski definition) is 7. The van der Waals surface area contributed by atoms with Crippen LogP contribution in [0.1, 0.15) is 44.2 Å². The Kier molecular flexibility index (Phi) is 7.17. The minimum atomic E-state index is -0.441. The second kappa shape index (κ2) is 9.36. The monoisotopic (exact) mass is 354 g/mol. The van der Waals surface area contributed by atoms with Crippen molar-refractivity contribution in [2.24, 2.45) is 5.92 Å². The van der Waals surface area contributed by atoms with Crippen molar-refractivity contribution in [3.63, 3.8) is 0 Å². The molecule has 132 valence electrons. The van der Waals surface area contributed by atoms with E-state index < -0.39 is 11.9 Å². The Labute approximate surface area is 144 Å². The van der Waals surface area contributed by atoms with Crippen LogP contribution in [0.4, 0.5) is 5.13 Å². The number of methoxy groups -OCH3 is 1. The van der Waals surface area contributed by atoms with Crippen molar-refractivity contribution >= 4 is 34.3 Å². The molecule has 1 aliphatic rings. The van der Waals surface area contributed by atoms with Crippen LogP contribution in [-0.4, -0.2) is 36.5 Å². The zero-order chi connectivity index (χ0) is 17.4. The molecule has 1 fully saturated rings. The molecule has 0 bridgehead atoms. The van der Waals surface area contributed by atoms with Gasteiger partial charge >= 0.3 is 11.9 Å². The van der Waals surface area contributed by atoms with E-state index in [0.29, 0.717) is 23.2 Å². The summed E-state index contributed by atoms with van der Waals surface area (Å²) < 4.78 is 9.53. The van der Waals surface area contributed by atoms with E-state index in [0.717, 1.165) is 6.42 Å². The number of amides is 1. The van der Waals surface area contributed by atoms with Crippen LogP contribution in [0.25, 0.3) is 0 Å². The van der Waals surface area contributed by atoms with Crippen molar-refractivity contribution in [1.82, 2.24) is 4.98 Å². The number of carbonyl (C=O) groups is 3. The minimum absolute atomic E-state index is 0.0546. The lowest BCUT2D eigenvalue weighted by Crippen LogP contribution is -2.21. The van der Waals surface area contributed by atoms with Crippen molar-refractivity contribution in [3.05, 3.63) is 11.1 Å². The number of nitrogens with zero attached hydrogens (tertiary/aromatic N) is 1. The summed E-state index contributed by atoms with van der Waals surface area (Å²) in [5, 5.41) is 4.57. The number of anilines is 1. The number of hydrogen-bond donors (Lipinski definition) is 1. The third-order valence-corrected chi connectivity index (χ3v) is 4.75. The Morgan fingerprint density at radius 3 is 2.75 bits per heavy atom. The molecule has 1 amide bonds. The van der Waals surface area contributed by atoms with E-state index in [2.05, 4.69) is 15.0 Å². The van der Waals surface area contributed by atoms with Crippen molar-refractivity contribution in [3.8, 4) is 0 Å². The lowest BCUT2D eigenvalue weighted by molar-refractivity contribution is -0.147. The summed E-state index contributed by atoms with van der Waals surface area (Å²) >= 11 is 1.20. The van der Waals surface area contributed by atoms with Gasteiger partial charge in [0.1, 0.15) is 0 Å². The highest BCUT2D eigenvalue weighted by molar-refractivity contribution is 7.13. The fourth-order valence-electron chi connectivity index (χ4n) is 2.66. The third kappa shape index (κ3) is 6.27. The van der Waals surface area contributed by atoms with Crippen LogP contribution in [-0.2, 0) is 30.3 Å². The van der Waals surface area contributed by atoms with Crippen LogP contribution in [0.15, 0.2) is 5.38 Å². The Hall–Kier alpha value is -1.96. The number of carbonyl (C=O) groups excluding carboxylic acids is 3. The second-order valence-corrected chi connectivity index (χ2v) is 6.65. The van der Waals surface area contributed by atoms with E-state index in [4.69, 9.17) is 4.74 Å². The van der Waals surface area contributed by atoms with Gasteiger partial charge in [0, 0.05) is 11.8 Å². The minimum Gasteiger partial charge on any atom is -0.469 e. The van der Waals surface area contributed by atoms with E-state index >= 15 is 0 Å². The molecule has 1 aliphatic carbocycles. The first-order valence-electron chi connectivity index (χ1n) is 8.03. The maximum absolute atomic E-state index is 11.8. The first kappa shape index (κ1) is 18.4. The Morgan fingerprint density at radius 1 is 1.29 bits per heavy atom. The van der Waals surface area contributed by atoms with Crippen LogP contribution in [0, 0.1) is 5.92 Å². The van der Waals surface area contributed by atoms with Gasteiger partial charge in [-0.05, 0) is 12.3 Å². The molecule has 0 atom stereocenters. The van der Waals surface area contributed by atoms with E-state index in [1.807, 2.05) is 0 Å². The molecule has 1 aromatic rings. The van der Waals surface area contributed by atoms with Crippen LogP contribution in [0.2, 0.25) is 0 Å². The molecular formula is C16H22N2O5S. The molecule has 24 heavy (non-hydrogen) atoms. The van der Waals surface area contributed by atoms with Gasteiger partial charge in [0.05, 0.1) is 19.2 Å². The quantitative estimate of drug-likeness (QED) is 0.720. The molecule has 0 spiro atoms. The first-order chi connectivity index (χ1) is 11.6. The summed E-state index contributed by atoms with van der Waals surface area (Å²) in [6, 6.07) is 0. The van der Waals surface area contributed by atoms with Gasteiger partial charge in [-0.25, -0.2) is 4.98 Å². The first-order valence-corrected chi connectivity index (χ1v) is 8.91. The lowest BCUT2D eigenvalue weighted by Gasteiger charge is -2.08. The molecule has 1 N–H and O–H groups in total. The molecular weight excluding hydrogens is 332 g/mol. The van der Waals surface area contributed by atoms with Gasteiger partial charge in [0.15, 0.2) is 11.7 Å². The largest absolute Gasteiger partial charge is 0.469 e. The zero-order valence-electron chi connectivity index (χ0n) is 13.7. The fourth-order valence-corrected chi connectivity index (χ4v) is 3.39. The van der Waals surface area contributed by atoms with Gasteiger partial charge in [-0.3, -0.25) is 19.7 Å². The summed E-state index contributed by atoms with van der Waals surface area (Å²) in [5.74, 6) is -0.560. The van der Waals surface area contributed by atoms with Crippen molar-refractivity contribution in [2.45, 2.75) is 44.9 Å². The summed E-state index contributed by atoms with van der Waals surface area (Å²) in [4.78, 5) is 38.6. The third-order valence-electron chi connectivity index (χ3n) is 3.95. The average molecular weight is 354 g/mol. The standard InChI is InChI=1S/C16H22N2O5S/c1-22-15(21)8-12-10-24-16(17-12)18-13(19)9-23-14(20)7-6-11-4-2-3-5-11/h10-11H,2-9H2,1H3,(H,17,18,19). The van der Waals surface area contributed by atoms with E-state index in [1.165, 1.54) is 44.1 Å². The van der Waals surface area contributed by atoms with E-state index in [1.54, 1.807) is 5.38 Å². The molecule has 0 aromatic carbocycles. The predicted molar refractivity (Wildman–Crippen MR) is 88.6 cm³/mol. The number of aromatic nitrogens is 1. The molecule has 0 unspecified atom stereocenters. The molecule has 0 aliphatic heterocycles. The highest BCUT2D eigenvalue weighted by Crippen LogP contribution is 2.28. The summed E-state index contributed by atoms with van der Waals surface area (Å²) in [6.07, 6.45) is 6.11. The number of nitrogens with one attached hydrogen (secondary N) is 1. The van der Waals surface area contributed by atoms with Crippen LogP contribution in [0.3, 0.4) is 0 Å². The molecule has 0 saturated heterocycles. The van der Waals surface area contributed by atoms with Gasteiger partial charge in [0.25, 0.3) is 5.91 Å². The predicted octanol–water partition coefficient (Wildman–Crippen LogP) is 2.31. The highest BCUT2D eigenvalue weighted by atomic mass is 32.1. The van der Waals surface area contributed by atoms with Gasteiger partial charge in [-0.2, -0.15) is 0 Å². The van der Waals surface area contributed by atoms with E-state index in [9.17, 15) is 14.4 Å². The van der Waals surface area contributed by atoms with Crippen LogP contribution < -0.4 is 5.32 Å². The van der Waals surface area contributed by atoms with Crippen molar-refractivity contribution in [1.29, 1.82) is 0 Å². The molecule has 2 rings (SSSR count).